The van der Waals surface area contributed by atoms with E-state index < -0.39 is 10.0 Å². The molecule has 0 amide bonds. The Labute approximate surface area is 134 Å². The molecular formula is C13H20BrN3O3S. The molecular weight excluding hydrogens is 358 g/mol. The number of hydrogen-bond acceptors (Lipinski definition) is 5. The number of halogens is 1. The molecule has 0 aliphatic carbocycles. The smallest absolute Gasteiger partial charge is 0.246 e. The lowest BCUT2D eigenvalue weighted by atomic mass is 10.1. The summed E-state index contributed by atoms with van der Waals surface area (Å²) in [6.07, 6.45) is 4.56. The van der Waals surface area contributed by atoms with Gasteiger partial charge in [0.1, 0.15) is 10.7 Å². The molecule has 1 atom stereocenters. The van der Waals surface area contributed by atoms with Crippen molar-refractivity contribution >= 4 is 31.8 Å². The first-order valence-electron chi connectivity index (χ1n) is 6.86. The Morgan fingerprint density at radius 1 is 1.52 bits per heavy atom. The van der Waals surface area contributed by atoms with Crippen LogP contribution in [0.25, 0.3) is 0 Å². The number of aromatic nitrogens is 1. The van der Waals surface area contributed by atoms with Crippen LogP contribution in [-0.2, 0) is 14.8 Å². The van der Waals surface area contributed by atoms with E-state index in [-0.39, 0.29) is 11.0 Å². The second-order valence-electron chi connectivity index (χ2n) is 5.02. The van der Waals surface area contributed by atoms with Crippen LogP contribution in [0.4, 0.5) is 5.82 Å². The largest absolute Gasteiger partial charge is 0.377 e. The molecule has 0 bridgehead atoms. The average Bonchev–Trinajstić information content (AvgIpc) is 2.48. The average molecular weight is 378 g/mol. The highest BCUT2D eigenvalue weighted by Gasteiger charge is 2.28. The first-order valence-corrected chi connectivity index (χ1v) is 9.09. The zero-order chi connectivity index (χ0) is 15.5. The summed E-state index contributed by atoms with van der Waals surface area (Å²) in [4.78, 5) is 4.26. The number of anilines is 1. The van der Waals surface area contributed by atoms with Crippen LogP contribution < -0.4 is 5.32 Å². The lowest BCUT2D eigenvalue weighted by Gasteiger charge is -2.27. The molecule has 1 aliphatic heterocycles. The first-order chi connectivity index (χ1) is 9.95. The van der Waals surface area contributed by atoms with Crippen LogP contribution in [0.2, 0.25) is 0 Å². The molecule has 21 heavy (non-hydrogen) atoms. The molecule has 8 heteroatoms. The normalized spacial score (nSPS) is 19.7. The van der Waals surface area contributed by atoms with E-state index in [1.807, 2.05) is 0 Å². The second kappa shape index (κ2) is 7.04. The maximum atomic E-state index is 12.7. The fraction of sp³-hybridized carbons (Fsp3) is 0.615. The van der Waals surface area contributed by atoms with Gasteiger partial charge in [0.15, 0.2) is 0 Å². The van der Waals surface area contributed by atoms with Crippen molar-refractivity contribution in [2.24, 2.45) is 0 Å². The number of ether oxygens (including phenoxy) is 1. The zero-order valence-corrected chi connectivity index (χ0v) is 14.6. The van der Waals surface area contributed by atoms with Crippen molar-refractivity contribution in [2.45, 2.75) is 30.3 Å². The molecule has 1 aromatic rings. The van der Waals surface area contributed by atoms with Crippen molar-refractivity contribution in [2.75, 3.05) is 32.6 Å². The Morgan fingerprint density at radius 3 is 2.90 bits per heavy atom. The lowest BCUT2D eigenvalue weighted by Crippen LogP contribution is -2.37. The van der Waals surface area contributed by atoms with Crippen LogP contribution in [-0.4, -0.2) is 51.1 Å². The number of sulfonamides is 1. The van der Waals surface area contributed by atoms with Gasteiger partial charge in [-0.1, -0.05) is 0 Å². The molecule has 1 unspecified atom stereocenters. The standard InChI is InChI=1S/C13H20BrN3O3S/c1-15-13-12(7-10(14)8-16-13)21(18,19)17(2)9-11-5-3-4-6-20-11/h7-8,11H,3-6,9H2,1-2H3,(H,15,16). The molecule has 2 rings (SSSR count). The van der Waals surface area contributed by atoms with Crippen molar-refractivity contribution in [3.63, 3.8) is 0 Å². The predicted molar refractivity (Wildman–Crippen MR) is 84.9 cm³/mol. The Kier molecular flexibility index (Phi) is 5.59. The van der Waals surface area contributed by atoms with Gasteiger partial charge < -0.3 is 10.1 Å². The molecule has 0 spiro atoms. The third kappa shape index (κ3) is 3.94. The van der Waals surface area contributed by atoms with E-state index in [4.69, 9.17) is 4.74 Å². The molecule has 0 radical (unpaired) electrons. The Hall–Kier alpha value is -0.700. The monoisotopic (exact) mass is 377 g/mol. The van der Waals surface area contributed by atoms with Gasteiger partial charge in [0.2, 0.25) is 10.0 Å². The van der Waals surface area contributed by atoms with Gasteiger partial charge in [-0.3, -0.25) is 0 Å². The first kappa shape index (κ1) is 16.7. The minimum atomic E-state index is -3.61. The van der Waals surface area contributed by atoms with E-state index in [9.17, 15) is 8.42 Å². The van der Waals surface area contributed by atoms with Crippen molar-refractivity contribution < 1.29 is 13.2 Å². The summed E-state index contributed by atoms with van der Waals surface area (Å²) in [6.45, 7) is 1.07. The van der Waals surface area contributed by atoms with Gasteiger partial charge in [-0.15, -0.1) is 0 Å². The van der Waals surface area contributed by atoms with Crippen LogP contribution >= 0.6 is 15.9 Å². The molecule has 1 fully saturated rings. The van der Waals surface area contributed by atoms with E-state index in [0.29, 0.717) is 23.4 Å². The summed E-state index contributed by atoms with van der Waals surface area (Å²) >= 11 is 3.27. The van der Waals surface area contributed by atoms with Crippen LogP contribution in [0, 0.1) is 0 Å². The minimum absolute atomic E-state index is 0.0309. The topological polar surface area (TPSA) is 71.5 Å². The van der Waals surface area contributed by atoms with E-state index >= 15 is 0 Å². The van der Waals surface area contributed by atoms with Crippen LogP contribution in [0.1, 0.15) is 19.3 Å². The summed E-state index contributed by atoms with van der Waals surface area (Å²) in [5, 5.41) is 2.82. The second-order valence-corrected chi connectivity index (χ2v) is 7.95. The SMILES string of the molecule is CNc1ncc(Br)cc1S(=O)(=O)N(C)CC1CCCCO1. The molecule has 0 saturated carbocycles. The molecule has 2 heterocycles. The van der Waals surface area contributed by atoms with Crippen molar-refractivity contribution in [3.8, 4) is 0 Å². The summed E-state index contributed by atoms with van der Waals surface area (Å²) in [6, 6.07) is 1.56. The summed E-state index contributed by atoms with van der Waals surface area (Å²) in [5.74, 6) is 0.342. The van der Waals surface area contributed by atoms with E-state index in [2.05, 4.69) is 26.2 Å². The molecule has 1 saturated heterocycles. The van der Waals surface area contributed by atoms with Gasteiger partial charge in [-0.2, -0.15) is 4.31 Å². The highest BCUT2D eigenvalue weighted by atomic mass is 79.9. The predicted octanol–water partition coefficient (Wildman–Crippen LogP) is 2.08. The Morgan fingerprint density at radius 2 is 2.29 bits per heavy atom. The summed E-state index contributed by atoms with van der Waals surface area (Å²) in [7, 11) is -0.376. The van der Waals surface area contributed by atoms with Gasteiger partial charge in [-0.25, -0.2) is 13.4 Å². The number of pyridine rings is 1. The van der Waals surface area contributed by atoms with Crippen molar-refractivity contribution in [3.05, 3.63) is 16.7 Å². The fourth-order valence-electron chi connectivity index (χ4n) is 2.31. The molecule has 0 aromatic carbocycles. The van der Waals surface area contributed by atoms with Crippen molar-refractivity contribution in [1.29, 1.82) is 0 Å². The number of hydrogen-bond donors (Lipinski definition) is 1. The molecule has 1 N–H and O–H groups in total. The van der Waals surface area contributed by atoms with Crippen LogP contribution in [0.3, 0.4) is 0 Å². The Balaban J connectivity index is 2.22. The van der Waals surface area contributed by atoms with Crippen LogP contribution in [0.15, 0.2) is 21.6 Å². The zero-order valence-electron chi connectivity index (χ0n) is 12.2. The van der Waals surface area contributed by atoms with Gasteiger partial charge in [0.25, 0.3) is 0 Å². The van der Waals surface area contributed by atoms with Gasteiger partial charge >= 0.3 is 0 Å². The number of likely N-dealkylation sites (N-methyl/N-ethyl adjacent to an activating group) is 1. The fourth-order valence-corrected chi connectivity index (χ4v) is 4.17. The lowest BCUT2D eigenvalue weighted by molar-refractivity contribution is 0.00859. The molecule has 6 nitrogen and oxygen atoms in total. The summed E-state index contributed by atoms with van der Waals surface area (Å²) in [5.41, 5.74) is 0. The van der Waals surface area contributed by atoms with Gasteiger partial charge in [-0.05, 0) is 41.3 Å². The van der Waals surface area contributed by atoms with Crippen molar-refractivity contribution in [1.82, 2.24) is 9.29 Å². The summed E-state index contributed by atoms with van der Waals surface area (Å²) < 4.78 is 33.0. The van der Waals surface area contributed by atoms with E-state index in [0.717, 1.165) is 19.3 Å². The Bertz CT molecular complexity index is 588. The van der Waals surface area contributed by atoms with E-state index in [1.165, 1.54) is 4.31 Å². The number of rotatable bonds is 5. The highest BCUT2D eigenvalue weighted by Crippen LogP contribution is 2.26. The highest BCUT2D eigenvalue weighted by molar-refractivity contribution is 9.10. The van der Waals surface area contributed by atoms with Crippen LogP contribution in [0.5, 0.6) is 0 Å². The molecule has 1 aromatic heterocycles. The maximum absolute atomic E-state index is 12.7. The quantitative estimate of drug-likeness (QED) is 0.850. The van der Waals surface area contributed by atoms with E-state index in [1.54, 1.807) is 26.4 Å². The molecule has 1 aliphatic rings. The van der Waals surface area contributed by atoms with Gasteiger partial charge in [0, 0.05) is 37.9 Å². The molecule has 118 valence electrons. The third-order valence-corrected chi connectivity index (χ3v) is 5.75. The maximum Gasteiger partial charge on any atom is 0.246 e. The third-order valence-electron chi connectivity index (χ3n) is 3.48. The number of nitrogens with one attached hydrogen (secondary N) is 1. The number of nitrogens with zero attached hydrogens (tertiary/aromatic N) is 2. The minimum Gasteiger partial charge on any atom is -0.377 e. The van der Waals surface area contributed by atoms with Gasteiger partial charge in [0.05, 0.1) is 6.10 Å².